The molecule has 2 N–H and O–H groups in total. The molecular weight excluding hydrogens is 234 g/mol. The maximum Gasteiger partial charge on any atom is 0.308 e. The zero-order valence-electron chi connectivity index (χ0n) is 10.9. The van der Waals surface area contributed by atoms with Crippen LogP contribution in [0.1, 0.15) is 36.9 Å². The van der Waals surface area contributed by atoms with Crippen LogP contribution in [0, 0.1) is 11.8 Å². The Morgan fingerprint density at radius 3 is 2.61 bits per heavy atom. The summed E-state index contributed by atoms with van der Waals surface area (Å²) in [4.78, 5) is 22.9. The van der Waals surface area contributed by atoms with E-state index in [1.54, 1.807) is 6.07 Å². The van der Waals surface area contributed by atoms with E-state index in [9.17, 15) is 9.59 Å². The fraction of sp³-hybridized carbons (Fsp3) is 0.538. The van der Waals surface area contributed by atoms with E-state index in [-0.39, 0.29) is 18.4 Å². The number of amides is 1. The second kappa shape index (κ2) is 6.23. The molecule has 1 unspecified atom stereocenters. The summed E-state index contributed by atoms with van der Waals surface area (Å²) >= 11 is 0. The fourth-order valence-electron chi connectivity index (χ4n) is 1.72. The van der Waals surface area contributed by atoms with Gasteiger partial charge in [0.1, 0.15) is 5.76 Å². The van der Waals surface area contributed by atoms with Crippen LogP contribution in [-0.4, -0.2) is 23.5 Å². The van der Waals surface area contributed by atoms with E-state index in [4.69, 9.17) is 9.52 Å². The molecule has 100 valence electrons. The SMILES string of the molecule is CCc1occc1C(=O)NCC(C(=O)O)C(C)C. The van der Waals surface area contributed by atoms with Crippen molar-refractivity contribution in [3.63, 3.8) is 0 Å². The molecular formula is C13H19NO4. The van der Waals surface area contributed by atoms with E-state index in [1.807, 2.05) is 20.8 Å². The van der Waals surface area contributed by atoms with E-state index in [1.165, 1.54) is 6.26 Å². The summed E-state index contributed by atoms with van der Waals surface area (Å²) in [5.74, 6) is -1.17. The number of carboxylic acid groups (broad SMARTS) is 1. The van der Waals surface area contributed by atoms with Crippen LogP contribution in [0.3, 0.4) is 0 Å². The maximum absolute atomic E-state index is 11.9. The lowest BCUT2D eigenvalue weighted by Crippen LogP contribution is -2.35. The average molecular weight is 253 g/mol. The van der Waals surface area contributed by atoms with Gasteiger partial charge in [-0.1, -0.05) is 20.8 Å². The molecule has 0 radical (unpaired) electrons. The molecule has 1 rings (SSSR count). The van der Waals surface area contributed by atoms with E-state index in [0.717, 1.165) is 0 Å². The van der Waals surface area contributed by atoms with Crippen LogP contribution < -0.4 is 5.32 Å². The molecule has 18 heavy (non-hydrogen) atoms. The van der Waals surface area contributed by atoms with Crippen molar-refractivity contribution in [2.24, 2.45) is 11.8 Å². The standard InChI is InChI=1S/C13H19NO4/c1-4-11-9(5-6-18-11)12(15)14-7-10(8(2)3)13(16)17/h5-6,8,10H,4,7H2,1-3H3,(H,14,15)(H,16,17). The molecule has 1 atom stereocenters. The predicted molar refractivity (Wildman–Crippen MR) is 66.4 cm³/mol. The van der Waals surface area contributed by atoms with Crippen molar-refractivity contribution in [1.29, 1.82) is 0 Å². The van der Waals surface area contributed by atoms with Gasteiger partial charge < -0.3 is 14.8 Å². The molecule has 1 aromatic heterocycles. The Labute approximate surface area is 106 Å². The first-order chi connectivity index (χ1) is 8.47. The average Bonchev–Trinajstić information content (AvgIpc) is 2.75. The predicted octanol–water partition coefficient (Wildman–Crippen LogP) is 1.93. The summed E-state index contributed by atoms with van der Waals surface area (Å²) in [5, 5.41) is 11.7. The van der Waals surface area contributed by atoms with Gasteiger partial charge in [0.15, 0.2) is 0 Å². The Hall–Kier alpha value is -1.78. The van der Waals surface area contributed by atoms with Crippen molar-refractivity contribution in [3.8, 4) is 0 Å². The van der Waals surface area contributed by atoms with Crippen molar-refractivity contribution in [3.05, 3.63) is 23.7 Å². The van der Waals surface area contributed by atoms with Gasteiger partial charge in [0.25, 0.3) is 5.91 Å². The molecule has 0 aliphatic rings. The number of carbonyl (C=O) groups excluding carboxylic acids is 1. The van der Waals surface area contributed by atoms with Crippen LogP contribution >= 0.6 is 0 Å². The van der Waals surface area contributed by atoms with Gasteiger partial charge >= 0.3 is 5.97 Å². The first-order valence-corrected chi connectivity index (χ1v) is 6.04. The highest BCUT2D eigenvalue weighted by Crippen LogP contribution is 2.13. The topological polar surface area (TPSA) is 79.5 Å². The normalized spacial score (nSPS) is 12.4. The smallest absolute Gasteiger partial charge is 0.308 e. The van der Waals surface area contributed by atoms with Crippen LogP contribution in [0.2, 0.25) is 0 Å². The molecule has 0 saturated heterocycles. The van der Waals surface area contributed by atoms with Crippen molar-refractivity contribution in [2.75, 3.05) is 6.54 Å². The number of aryl methyl sites for hydroxylation is 1. The largest absolute Gasteiger partial charge is 0.481 e. The number of hydrogen-bond donors (Lipinski definition) is 2. The number of rotatable bonds is 6. The highest BCUT2D eigenvalue weighted by molar-refractivity contribution is 5.95. The zero-order chi connectivity index (χ0) is 13.7. The van der Waals surface area contributed by atoms with Gasteiger partial charge in [-0.2, -0.15) is 0 Å². The zero-order valence-corrected chi connectivity index (χ0v) is 10.9. The quantitative estimate of drug-likeness (QED) is 0.811. The molecule has 1 aromatic rings. The summed E-state index contributed by atoms with van der Waals surface area (Å²) in [7, 11) is 0. The van der Waals surface area contributed by atoms with Gasteiger partial charge in [-0.05, 0) is 12.0 Å². The molecule has 0 aromatic carbocycles. The minimum Gasteiger partial charge on any atom is -0.481 e. The lowest BCUT2D eigenvalue weighted by Gasteiger charge is -2.16. The molecule has 0 spiro atoms. The summed E-state index contributed by atoms with van der Waals surface area (Å²) in [6.45, 7) is 5.66. The van der Waals surface area contributed by atoms with E-state index in [0.29, 0.717) is 17.7 Å². The van der Waals surface area contributed by atoms with Crippen molar-refractivity contribution >= 4 is 11.9 Å². The first-order valence-electron chi connectivity index (χ1n) is 6.04. The summed E-state index contributed by atoms with van der Waals surface area (Å²) in [6.07, 6.45) is 2.09. The number of aliphatic carboxylic acids is 1. The Morgan fingerprint density at radius 1 is 1.44 bits per heavy atom. The Morgan fingerprint density at radius 2 is 2.11 bits per heavy atom. The van der Waals surface area contributed by atoms with Gasteiger partial charge in [0.2, 0.25) is 0 Å². The first kappa shape index (κ1) is 14.3. The highest BCUT2D eigenvalue weighted by atomic mass is 16.4. The molecule has 0 bridgehead atoms. The van der Waals surface area contributed by atoms with Crippen molar-refractivity contribution in [1.82, 2.24) is 5.32 Å². The maximum atomic E-state index is 11.9. The molecule has 5 heteroatoms. The summed E-state index contributed by atoms with van der Waals surface area (Å²) < 4.78 is 5.16. The molecule has 0 aliphatic heterocycles. The lowest BCUT2D eigenvalue weighted by atomic mass is 9.96. The molecule has 0 aliphatic carbocycles. The fourth-order valence-corrected chi connectivity index (χ4v) is 1.72. The molecule has 1 heterocycles. The third kappa shape index (κ3) is 3.35. The molecule has 0 fully saturated rings. The van der Waals surface area contributed by atoms with Crippen LogP contribution in [0.15, 0.2) is 16.7 Å². The Bertz CT molecular complexity index is 422. The van der Waals surface area contributed by atoms with Crippen molar-refractivity contribution < 1.29 is 19.1 Å². The second-order valence-corrected chi connectivity index (χ2v) is 4.51. The van der Waals surface area contributed by atoms with E-state index >= 15 is 0 Å². The van der Waals surface area contributed by atoms with E-state index < -0.39 is 11.9 Å². The van der Waals surface area contributed by atoms with Crippen LogP contribution in [0.5, 0.6) is 0 Å². The van der Waals surface area contributed by atoms with Crippen LogP contribution in [0.25, 0.3) is 0 Å². The van der Waals surface area contributed by atoms with Gasteiger partial charge in [-0.15, -0.1) is 0 Å². The summed E-state index contributed by atoms with van der Waals surface area (Å²) in [5.41, 5.74) is 0.477. The monoisotopic (exact) mass is 253 g/mol. The number of furan rings is 1. The molecule has 0 saturated carbocycles. The number of carbonyl (C=O) groups is 2. The van der Waals surface area contributed by atoms with Gasteiger partial charge in [0.05, 0.1) is 17.7 Å². The minimum atomic E-state index is -0.895. The van der Waals surface area contributed by atoms with E-state index in [2.05, 4.69) is 5.32 Å². The van der Waals surface area contributed by atoms with Crippen LogP contribution in [-0.2, 0) is 11.2 Å². The third-order valence-electron chi connectivity index (χ3n) is 2.92. The Balaban J connectivity index is 2.63. The number of carboxylic acids is 1. The lowest BCUT2D eigenvalue weighted by molar-refractivity contribution is -0.142. The van der Waals surface area contributed by atoms with Crippen LogP contribution in [0.4, 0.5) is 0 Å². The van der Waals surface area contributed by atoms with Crippen molar-refractivity contribution in [2.45, 2.75) is 27.2 Å². The Kier molecular flexibility index (Phi) is 4.95. The number of nitrogens with one attached hydrogen (secondary N) is 1. The molecule has 1 amide bonds. The third-order valence-corrected chi connectivity index (χ3v) is 2.92. The second-order valence-electron chi connectivity index (χ2n) is 4.51. The minimum absolute atomic E-state index is 0.0298. The highest BCUT2D eigenvalue weighted by Gasteiger charge is 2.23. The van der Waals surface area contributed by atoms with Gasteiger partial charge in [0, 0.05) is 13.0 Å². The molecule has 5 nitrogen and oxygen atoms in total. The van der Waals surface area contributed by atoms with Gasteiger partial charge in [-0.3, -0.25) is 9.59 Å². The number of hydrogen-bond acceptors (Lipinski definition) is 3. The van der Waals surface area contributed by atoms with Gasteiger partial charge in [-0.25, -0.2) is 0 Å². The summed E-state index contributed by atoms with van der Waals surface area (Å²) in [6, 6.07) is 1.60.